The van der Waals surface area contributed by atoms with E-state index in [1.807, 2.05) is 0 Å². The van der Waals surface area contributed by atoms with Crippen LogP contribution < -0.4 is 5.32 Å². The second-order valence-electron chi connectivity index (χ2n) is 3.42. The maximum Gasteiger partial charge on any atom is 0.261 e. The lowest BCUT2D eigenvalue weighted by Gasteiger charge is -2.03. The van der Waals surface area contributed by atoms with Gasteiger partial charge in [-0.15, -0.1) is 11.3 Å². The van der Waals surface area contributed by atoms with Crippen molar-refractivity contribution in [3.63, 3.8) is 0 Å². The second-order valence-corrected chi connectivity index (χ2v) is 5.13. The fourth-order valence-electron chi connectivity index (χ4n) is 1.35. The summed E-state index contributed by atoms with van der Waals surface area (Å²) in [6, 6.07) is 9.45. The van der Waals surface area contributed by atoms with E-state index in [-0.39, 0.29) is 11.7 Å². The molecule has 17 heavy (non-hydrogen) atoms. The minimum atomic E-state index is -0.309. The summed E-state index contributed by atoms with van der Waals surface area (Å²) < 4.78 is 13.5. The molecule has 1 aromatic carbocycles. The van der Waals surface area contributed by atoms with Gasteiger partial charge in [-0.1, -0.05) is 23.7 Å². The Morgan fingerprint density at radius 3 is 2.82 bits per heavy atom. The normalized spacial score (nSPS) is 10.2. The van der Waals surface area contributed by atoms with Crippen molar-refractivity contribution in [1.82, 2.24) is 5.32 Å². The van der Waals surface area contributed by atoms with Crippen LogP contribution in [0.5, 0.6) is 0 Å². The first-order chi connectivity index (χ1) is 8.15. The van der Waals surface area contributed by atoms with Crippen molar-refractivity contribution in [2.75, 3.05) is 0 Å². The van der Waals surface area contributed by atoms with E-state index in [2.05, 4.69) is 5.32 Å². The summed E-state index contributed by atoms with van der Waals surface area (Å²) in [6.07, 6.45) is 0. The molecule has 0 unspecified atom stereocenters. The first-order valence-corrected chi connectivity index (χ1v) is 6.12. The molecule has 0 atom stereocenters. The Morgan fingerprint density at radius 1 is 1.35 bits per heavy atom. The molecular weight excluding hydrogens is 261 g/mol. The number of hydrogen-bond acceptors (Lipinski definition) is 2. The van der Waals surface area contributed by atoms with E-state index < -0.39 is 0 Å². The van der Waals surface area contributed by atoms with Crippen molar-refractivity contribution in [2.45, 2.75) is 6.54 Å². The maximum absolute atomic E-state index is 12.9. The van der Waals surface area contributed by atoms with Crippen LogP contribution in [0.4, 0.5) is 4.39 Å². The summed E-state index contributed by atoms with van der Waals surface area (Å²) in [6.45, 7) is 0.298. The average molecular weight is 270 g/mol. The summed E-state index contributed by atoms with van der Waals surface area (Å²) in [5.74, 6) is -0.512. The molecule has 1 aromatic heterocycles. The smallest absolute Gasteiger partial charge is 0.261 e. The number of benzene rings is 1. The number of nitrogens with one attached hydrogen (secondary N) is 1. The van der Waals surface area contributed by atoms with Gasteiger partial charge in [-0.2, -0.15) is 0 Å². The first kappa shape index (κ1) is 12.1. The molecule has 0 saturated carbocycles. The lowest BCUT2D eigenvalue weighted by Crippen LogP contribution is -2.21. The quantitative estimate of drug-likeness (QED) is 0.908. The van der Waals surface area contributed by atoms with Crippen LogP contribution in [0.2, 0.25) is 4.34 Å². The Labute approximate surface area is 107 Å². The third-order valence-corrected chi connectivity index (χ3v) is 3.37. The standard InChI is InChI=1S/C12H9ClFNOS/c13-11-5-4-10(17-11)12(16)15-7-8-2-1-3-9(14)6-8/h1-6H,7H2,(H,15,16). The van der Waals surface area contributed by atoms with Crippen LogP contribution in [0.1, 0.15) is 15.2 Å². The van der Waals surface area contributed by atoms with E-state index >= 15 is 0 Å². The summed E-state index contributed by atoms with van der Waals surface area (Å²) in [5.41, 5.74) is 0.723. The Bertz CT molecular complexity index is 541. The zero-order chi connectivity index (χ0) is 12.3. The van der Waals surface area contributed by atoms with Gasteiger partial charge in [-0.05, 0) is 29.8 Å². The predicted octanol–water partition coefficient (Wildman–Crippen LogP) is 3.47. The number of amides is 1. The molecule has 0 radical (unpaired) electrons. The maximum atomic E-state index is 12.9. The molecule has 2 aromatic rings. The van der Waals surface area contributed by atoms with Crippen LogP contribution >= 0.6 is 22.9 Å². The minimum Gasteiger partial charge on any atom is -0.347 e. The number of halogens is 2. The monoisotopic (exact) mass is 269 g/mol. The molecule has 2 rings (SSSR count). The van der Waals surface area contributed by atoms with E-state index in [0.717, 1.165) is 5.56 Å². The lowest BCUT2D eigenvalue weighted by molar-refractivity contribution is 0.0955. The van der Waals surface area contributed by atoms with E-state index in [9.17, 15) is 9.18 Å². The van der Waals surface area contributed by atoms with Crippen molar-refractivity contribution in [1.29, 1.82) is 0 Å². The topological polar surface area (TPSA) is 29.1 Å². The molecule has 5 heteroatoms. The zero-order valence-electron chi connectivity index (χ0n) is 8.74. The van der Waals surface area contributed by atoms with Gasteiger partial charge < -0.3 is 5.32 Å². The highest BCUT2D eigenvalue weighted by atomic mass is 35.5. The summed E-state index contributed by atoms with van der Waals surface area (Å²) in [5, 5.41) is 2.70. The molecule has 88 valence electrons. The molecule has 0 fully saturated rings. The summed E-state index contributed by atoms with van der Waals surface area (Å²) >= 11 is 6.94. The second kappa shape index (κ2) is 5.29. The van der Waals surface area contributed by atoms with Gasteiger partial charge in [0.05, 0.1) is 9.21 Å². The Hall–Kier alpha value is -1.39. The zero-order valence-corrected chi connectivity index (χ0v) is 10.3. The number of carbonyl (C=O) groups excluding carboxylic acids is 1. The van der Waals surface area contributed by atoms with Crippen molar-refractivity contribution in [3.8, 4) is 0 Å². The molecule has 0 aliphatic rings. The molecule has 0 aliphatic heterocycles. The van der Waals surface area contributed by atoms with Gasteiger partial charge in [0.2, 0.25) is 0 Å². The first-order valence-electron chi connectivity index (χ1n) is 4.93. The minimum absolute atomic E-state index is 0.203. The van der Waals surface area contributed by atoms with Crippen molar-refractivity contribution >= 4 is 28.8 Å². The summed E-state index contributed by atoms with van der Waals surface area (Å²) in [7, 11) is 0. The SMILES string of the molecule is O=C(NCc1cccc(F)c1)c1ccc(Cl)s1. The van der Waals surface area contributed by atoms with Crippen molar-refractivity contribution < 1.29 is 9.18 Å². The van der Waals surface area contributed by atoms with E-state index in [1.165, 1.54) is 23.5 Å². The Balaban J connectivity index is 1.97. The molecular formula is C12H9ClFNOS. The van der Waals surface area contributed by atoms with E-state index in [1.54, 1.807) is 24.3 Å². The number of thiophene rings is 1. The van der Waals surface area contributed by atoms with Gasteiger partial charge >= 0.3 is 0 Å². The molecule has 1 amide bonds. The number of hydrogen-bond donors (Lipinski definition) is 1. The molecule has 0 aliphatic carbocycles. The van der Waals surface area contributed by atoms with Gasteiger partial charge in [0, 0.05) is 6.54 Å². The van der Waals surface area contributed by atoms with Gasteiger partial charge in [0.1, 0.15) is 5.82 Å². The summed E-state index contributed by atoms with van der Waals surface area (Å²) in [4.78, 5) is 12.2. The van der Waals surface area contributed by atoms with Crippen molar-refractivity contribution in [3.05, 3.63) is 57.0 Å². The predicted molar refractivity (Wildman–Crippen MR) is 66.9 cm³/mol. The molecule has 1 N–H and O–H groups in total. The van der Waals surface area contributed by atoms with E-state index in [4.69, 9.17) is 11.6 Å². The Morgan fingerprint density at radius 2 is 2.18 bits per heavy atom. The van der Waals surface area contributed by atoms with Crippen LogP contribution in [-0.2, 0) is 6.54 Å². The number of rotatable bonds is 3. The Kier molecular flexibility index (Phi) is 3.76. The van der Waals surface area contributed by atoms with Crippen LogP contribution in [0, 0.1) is 5.82 Å². The van der Waals surface area contributed by atoms with Gasteiger partial charge in [-0.25, -0.2) is 4.39 Å². The fourth-order valence-corrected chi connectivity index (χ4v) is 2.31. The van der Waals surface area contributed by atoms with Crippen LogP contribution in [-0.4, -0.2) is 5.91 Å². The highest BCUT2D eigenvalue weighted by Crippen LogP contribution is 2.21. The highest BCUT2D eigenvalue weighted by molar-refractivity contribution is 7.17. The average Bonchev–Trinajstić information content (AvgIpc) is 2.73. The molecule has 0 bridgehead atoms. The fraction of sp³-hybridized carbons (Fsp3) is 0.0833. The largest absolute Gasteiger partial charge is 0.347 e. The van der Waals surface area contributed by atoms with Crippen LogP contribution in [0.15, 0.2) is 36.4 Å². The third-order valence-electron chi connectivity index (χ3n) is 2.14. The van der Waals surface area contributed by atoms with E-state index in [0.29, 0.717) is 15.8 Å². The molecule has 1 heterocycles. The van der Waals surface area contributed by atoms with Gasteiger partial charge in [0.15, 0.2) is 0 Å². The van der Waals surface area contributed by atoms with Crippen molar-refractivity contribution in [2.24, 2.45) is 0 Å². The van der Waals surface area contributed by atoms with Crippen LogP contribution in [0.3, 0.4) is 0 Å². The molecule has 0 saturated heterocycles. The third kappa shape index (κ3) is 3.28. The lowest BCUT2D eigenvalue weighted by atomic mass is 10.2. The van der Waals surface area contributed by atoms with Gasteiger partial charge in [0.25, 0.3) is 5.91 Å². The van der Waals surface area contributed by atoms with Gasteiger partial charge in [-0.3, -0.25) is 4.79 Å². The molecule has 2 nitrogen and oxygen atoms in total. The van der Waals surface area contributed by atoms with Crippen LogP contribution in [0.25, 0.3) is 0 Å². The number of carbonyl (C=O) groups is 1. The molecule has 0 spiro atoms. The highest BCUT2D eigenvalue weighted by Gasteiger charge is 2.07.